The van der Waals surface area contributed by atoms with Crippen molar-refractivity contribution in [1.29, 1.82) is 0 Å². The molecule has 0 unspecified atom stereocenters. The Labute approximate surface area is 83.3 Å². The summed E-state index contributed by atoms with van der Waals surface area (Å²) >= 11 is 0. The lowest BCUT2D eigenvalue weighted by molar-refractivity contribution is 0.0597. The van der Waals surface area contributed by atoms with Crippen molar-refractivity contribution in [2.24, 2.45) is 0 Å². The van der Waals surface area contributed by atoms with Gasteiger partial charge in [0.1, 0.15) is 11.3 Å². The molecule has 1 rings (SSSR count). The second kappa shape index (κ2) is 4.13. The number of ether oxygens (including phenoxy) is 1. The maximum absolute atomic E-state index is 11.1. The highest BCUT2D eigenvalue weighted by atomic mass is 16.5. The standard InChI is InChI=1S/C11H14O3/c1-7(2)8-4-5-9(10(12)6-8)11(13)14-3/h4-7,12H,1-3H3. The van der Waals surface area contributed by atoms with E-state index in [-0.39, 0.29) is 11.3 Å². The van der Waals surface area contributed by atoms with Crippen LogP contribution in [0.4, 0.5) is 0 Å². The smallest absolute Gasteiger partial charge is 0.341 e. The molecule has 0 aromatic heterocycles. The van der Waals surface area contributed by atoms with E-state index in [9.17, 15) is 9.90 Å². The van der Waals surface area contributed by atoms with E-state index in [1.165, 1.54) is 7.11 Å². The molecular weight excluding hydrogens is 180 g/mol. The highest BCUT2D eigenvalue weighted by Crippen LogP contribution is 2.23. The normalized spacial score (nSPS) is 10.3. The first-order valence-electron chi connectivity index (χ1n) is 4.47. The number of aromatic hydroxyl groups is 1. The molecule has 3 heteroatoms. The van der Waals surface area contributed by atoms with E-state index in [2.05, 4.69) is 4.74 Å². The third-order valence-corrected chi connectivity index (χ3v) is 2.09. The van der Waals surface area contributed by atoms with Gasteiger partial charge >= 0.3 is 5.97 Å². The van der Waals surface area contributed by atoms with Crippen molar-refractivity contribution >= 4 is 5.97 Å². The molecule has 0 atom stereocenters. The zero-order valence-corrected chi connectivity index (χ0v) is 8.57. The van der Waals surface area contributed by atoms with Crippen LogP contribution < -0.4 is 0 Å². The van der Waals surface area contributed by atoms with E-state index in [0.717, 1.165) is 5.56 Å². The number of esters is 1. The first-order chi connectivity index (χ1) is 6.56. The Kier molecular flexibility index (Phi) is 3.12. The highest BCUT2D eigenvalue weighted by molar-refractivity contribution is 5.92. The molecule has 0 heterocycles. The Bertz CT molecular complexity index is 342. The van der Waals surface area contributed by atoms with Crippen molar-refractivity contribution in [3.05, 3.63) is 29.3 Å². The van der Waals surface area contributed by atoms with Crippen molar-refractivity contribution in [3.63, 3.8) is 0 Å². The summed E-state index contributed by atoms with van der Waals surface area (Å²) in [5.41, 5.74) is 1.20. The molecule has 0 aliphatic rings. The molecule has 0 bridgehead atoms. The Morgan fingerprint density at radius 1 is 1.43 bits per heavy atom. The Balaban J connectivity index is 3.07. The number of hydrogen-bond donors (Lipinski definition) is 1. The number of rotatable bonds is 2. The summed E-state index contributed by atoms with van der Waals surface area (Å²) in [6, 6.07) is 4.99. The van der Waals surface area contributed by atoms with Crippen LogP contribution in [0.1, 0.15) is 35.7 Å². The quantitative estimate of drug-likeness (QED) is 0.735. The van der Waals surface area contributed by atoms with Gasteiger partial charge in [0.25, 0.3) is 0 Å². The van der Waals surface area contributed by atoms with Crippen LogP contribution in [0.25, 0.3) is 0 Å². The fourth-order valence-corrected chi connectivity index (χ4v) is 1.19. The van der Waals surface area contributed by atoms with Crippen molar-refractivity contribution in [3.8, 4) is 5.75 Å². The van der Waals surface area contributed by atoms with Crippen molar-refractivity contribution in [2.75, 3.05) is 7.11 Å². The van der Waals surface area contributed by atoms with Crippen LogP contribution in [0, 0.1) is 0 Å². The summed E-state index contributed by atoms with van der Waals surface area (Å²) in [7, 11) is 1.29. The molecule has 0 amide bonds. The number of benzene rings is 1. The number of carbonyl (C=O) groups excluding carboxylic acids is 1. The first kappa shape index (κ1) is 10.6. The van der Waals surface area contributed by atoms with Crippen LogP contribution in [-0.2, 0) is 4.74 Å². The van der Waals surface area contributed by atoms with Gasteiger partial charge in [0.2, 0.25) is 0 Å². The molecule has 0 aliphatic carbocycles. The lowest BCUT2D eigenvalue weighted by Crippen LogP contribution is -2.02. The molecule has 0 aliphatic heterocycles. The predicted molar refractivity (Wildman–Crippen MR) is 53.5 cm³/mol. The van der Waals surface area contributed by atoms with Crippen LogP contribution in [0.15, 0.2) is 18.2 Å². The van der Waals surface area contributed by atoms with Crippen LogP contribution in [-0.4, -0.2) is 18.2 Å². The molecule has 0 fully saturated rings. The van der Waals surface area contributed by atoms with E-state index in [0.29, 0.717) is 5.92 Å². The fourth-order valence-electron chi connectivity index (χ4n) is 1.19. The third kappa shape index (κ3) is 2.05. The number of carbonyl (C=O) groups is 1. The minimum absolute atomic E-state index is 0.0250. The van der Waals surface area contributed by atoms with E-state index in [1.54, 1.807) is 12.1 Å². The second-order valence-corrected chi connectivity index (χ2v) is 3.42. The lowest BCUT2D eigenvalue weighted by Gasteiger charge is -2.08. The maximum atomic E-state index is 11.1. The summed E-state index contributed by atoms with van der Waals surface area (Å²) in [6.07, 6.45) is 0. The van der Waals surface area contributed by atoms with Gasteiger partial charge in [-0.1, -0.05) is 19.9 Å². The average molecular weight is 194 g/mol. The molecule has 0 spiro atoms. The Hall–Kier alpha value is -1.51. The zero-order chi connectivity index (χ0) is 10.7. The minimum Gasteiger partial charge on any atom is -0.507 e. The molecule has 0 saturated heterocycles. The van der Waals surface area contributed by atoms with E-state index < -0.39 is 5.97 Å². The van der Waals surface area contributed by atoms with Crippen molar-refractivity contribution in [1.82, 2.24) is 0 Å². The van der Waals surface area contributed by atoms with Gasteiger partial charge in [-0.05, 0) is 23.6 Å². The SMILES string of the molecule is COC(=O)c1ccc(C(C)C)cc1O. The average Bonchev–Trinajstić information content (AvgIpc) is 2.16. The molecule has 1 N–H and O–H groups in total. The summed E-state index contributed by atoms with van der Waals surface area (Å²) in [4.78, 5) is 11.1. The molecule has 14 heavy (non-hydrogen) atoms. The molecular formula is C11H14O3. The number of phenolic OH excluding ortho intramolecular Hbond substituents is 1. The Morgan fingerprint density at radius 2 is 2.07 bits per heavy atom. The van der Waals surface area contributed by atoms with Gasteiger partial charge in [0, 0.05) is 0 Å². The molecule has 0 radical (unpaired) electrons. The van der Waals surface area contributed by atoms with Crippen LogP contribution in [0.5, 0.6) is 5.75 Å². The van der Waals surface area contributed by atoms with E-state index in [4.69, 9.17) is 0 Å². The third-order valence-electron chi connectivity index (χ3n) is 2.09. The molecule has 0 saturated carbocycles. The van der Waals surface area contributed by atoms with Gasteiger partial charge in [0.05, 0.1) is 7.11 Å². The van der Waals surface area contributed by atoms with Gasteiger partial charge < -0.3 is 9.84 Å². The topological polar surface area (TPSA) is 46.5 Å². The first-order valence-corrected chi connectivity index (χ1v) is 4.47. The van der Waals surface area contributed by atoms with Crippen LogP contribution >= 0.6 is 0 Å². The molecule has 3 nitrogen and oxygen atoms in total. The molecule has 1 aromatic carbocycles. The summed E-state index contributed by atoms with van der Waals surface area (Å²) in [5, 5.41) is 9.54. The van der Waals surface area contributed by atoms with E-state index in [1.807, 2.05) is 19.9 Å². The lowest BCUT2D eigenvalue weighted by atomic mass is 10.0. The van der Waals surface area contributed by atoms with Crippen LogP contribution in [0.2, 0.25) is 0 Å². The Morgan fingerprint density at radius 3 is 2.50 bits per heavy atom. The van der Waals surface area contributed by atoms with Gasteiger partial charge in [-0.15, -0.1) is 0 Å². The molecule has 76 valence electrons. The number of hydrogen-bond acceptors (Lipinski definition) is 3. The summed E-state index contributed by atoms with van der Waals surface area (Å²) < 4.78 is 4.52. The van der Waals surface area contributed by atoms with Gasteiger partial charge in [-0.3, -0.25) is 0 Å². The van der Waals surface area contributed by atoms with Crippen molar-refractivity contribution < 1.29 is 14.6 Å². The monoisotopic (exact) mass is 194 g/mol. The summed E-state index contributed by atoms with van der Waals surface area (Å²) in [6.45, 7) is 4.04. The second-order valence-electron chi connectivity index (χ2n) is 3.42. The van der Waals surface area contributed by atoms with Gasteiger partial charge in [-0.2, -0.15) is 0 Å². The van der Waals surface area contributed by atoms with Gasteiger partial charge in [-0.25, -0.2) is 4.79 Å². The van der Waals surface area contributed by atoms with Crippen molar-refractivity contribution in [2.45, 2.75) is 19.8 Å². The summed E-state index contributed by atoms with van der Waals surface area (Å²) in [5.74, 6) is -0.214. The van der Waals surface area contributed by atoms with Crippen LogP contribution in [0.3, 0.4) is 0 Å². The molecule has 1 aromatic rings. The number of methoxy groups -OCH3 is 1. The zero-order valence-electron chi connectivity index (χ0n) is 8.57. The van der Waals surface area contributed by atoms with E-state index >= 15 is 0 Å². The number of phenols is 1. The highest BCUT2D eigenvalue weighted by Gasteiger charge is 2.12. The largest absolute Gasteiger partial charge is 0.507 e. The fraction of sp³-hybridized carbons (Fsp3) is 0.364. The van der Waals surface area contributed by atoms with Gasteiger partial charge in [0.15, 0.2) is 0 Å². The minimum atomic E-state index is -0.516. The maximum Gasteiger partial charge on any atom is 0.341 e. The predicted octanol–water partition coefficient (Wildman–Crippen LogP) is 2.30.